The average molecular weight is 370 g/mol. The van der Waals surface area contributed by atoms with Crippen molar-refractivity contribution in [1.82, 2.24) is 0 Å². The summed E-state index contributed by atoms with van der Waals surface area (Å²) >= 11 is 0. The fourth-order valence-electron chi connectivity index (χ4n) is 3.39. The van der Waals surface area contributed by atoms with Gasteiger partial charge in [0.15, 0.2) is 0 Å². The zero-order valence-corrected chi connectivity index (χ0v) is 15.4. The SMILES string of the molecule is O=C(CCCOCCOCCO)OCC1c2ccccc2-c2ccccc21. The van der Waals surface area contributed by atoms with E-state index in [0.717, 1.165) is 0 Å². The molecule has 0 aliphatic heterocycles. The van der Waals surface area contributed by atoms with E-state index in [0.29, 0.717) is 45.9 Å². The summed E-state index contributed by atoms with van der Waals surface area (Å²) in [5.74, 6) is -0.0988. The zero-order chi connectivity index (χ0) is 18.9. The van der Waals surface area contributed by atoms with Crippen molar-refractivity contribution >= 4 is 5.97 Å². The van der Waals surface area contributed by atoms with Gasteiger partial charge in [0.05, 0.1) is 26.4 Å². The summed E-state index contributed by atoms with van der Waals surface area (Å²) in [6, 6.07) is 16.6. The van der Waals surface area contributed by atoms with Crippen molar-refractivity contribution in [2.45, 2.75) is 18.8 Å². The molecule has 1 N–H and O–H groups in total. The van der Waals surface area contributed by atoms with Crippen LogP contribution in [0.2, 0.25) is 0 Å². The Morgan fingerprint density at radius 2 is 1.44 bits per heavy atom. The predicted octanol–water partition coefficient (Wildman–Crippen LogP) is 3.15. The Balaban J connectivity index is 1.42. The first-order valence-corrected chi connectivity index (χ1v) is 9.41. The molecule has 0 unspecified atom stereocenters. The van der Waals surface area contributed by atoms with Crippen LogP contribution >= 0.6 is 0 Å². The number of aliphatic hydroxyl groups excluding tert-OH is 1. The second-order valence-corrected chi connectivity index (χ2v) is 6.46. The number of carbonyl (C=O) groups is 1. The van der Waals surface area contributed by atoms with Crippen LogP contribution in [0.15, 0.2) is 48.5 Å². The Kier molecular flexibility index (Phi) is 7.39. The summed E-state index contributed by atoms with van der Waals surface area (Å²) in [6.45, 7) is 2.11. The van der Waals surface area contributed by atoms with Crippen LogP contribution in [0.1, 0.15) is 29.9 Å². The van der Waals surface area contributed by atoms with Crippen molar-refractivity contribution in [1.29, 1.82) is 0 Å². The van der Waals surface area contributed by atoms with E-state index in [1.54, 1.807) is 0 Å². The topological polar surface area (TPSA) is 65.0 Å². The zero-order valence-electron chi connectivity index (χ0n) is 15.4. The maximum Gasteiger partial charge on any atom is 0.305 e. The predicted molar refractivity (Wildman–Crippen MR) is 103 cm³/mol. The van der Waals surface area contributed by atoms with Gasteiger partial charge in [0.1, 0.15) is 6.61 Å². The Labute approximate surface area is 159 Å². The highest BCUT2D eigenvalue weighted by atomic mass is 16.5. The molecule has 0 amide bonds. The molecule has 3 rings (SSSR count). The summed E-state index contributed by atoms with van der Waals surface area (Å²) in [7, 11) is 0. The molecule has 0 heterocycles. The van der Waals surface area contributed by atoms with E-state index in [1.165, 1.54) is 22.3 Å². The molecular weight excluding hydrogens is 344 g/mol. The third-order valence-corrected chi connectivity index (χ3v) is 4.65. The lowest BCUT2D eigenvalue weighted by Crippen LogP contribution is -2.13. The number of carbonyl (C=O) groups excluding carboxylic acids is 1. The van der Waals surface area contributed by atoms with Crippen LogP contribution < -0.4 is 0 Å². The summed E-state index contributed by atoms with van der Waals surface area (Å²) in [5, 5.41) is 8.59. The lowest BCUT2D eigenvalue weighted by molar-refractivity contribution is -0.144. The van der Waals surface area contributed by atoms with Crippen molar-refractivity contribution < 1.29 is 24.1 Å². The van der Waals surface area contributed by atoms with Gasteiger partial charge >= 0.3 is 5.97 Å². The van der Waals surface area contributed by atoms with Crippen molar-refractivity contribution in [2.75, 3.05) is 39.6 Å². The quantitative estimate of drug-likeness (QED) is 0.486. The first-order valence-electron chi connectivity index (χ1n) is 9.41. The molecule has 2 aromatic rings. The number of aliphatic hydroxyl groups is 1. The van der Waals surface area contributed by atoms with Gasteiger partial charge in [-0.05, 0) is 28.7 Å². The Morgan fingerprint density at radius 1 is 0.852 bits per heavy atom. The monoisotopic (exact) mass is 370 g/mol. The minimum atomic E-state index is -0.197. The van der Waals surface area contributed by atoms with Crippen LogP contribution in [0.4, 0.5) is 0 Å². The molecular formula is C22H26O5. The third kappa shape index (κ3) is 5.16. The normalized spacial score (nSPS) is 12.6. The maximum absolute atomic E-state index is 12.1. The van der Waals surface area contributed by atoms with E-state index in [-0.39, 0.29) is 18.5 Å². The van der Waals surface area contributed by atoms with Gasteiger partial charge in [-0.3, -0.25) is 4.79 Å². The Morgan fingerprint density at radius 3 is 2.07 bits per heavy atom. The van der Waals surface area contributed by atoms with E-state index >= 15 is 0 Å². The highest BCUT2D eigenvalue weighted by molar-refractivity contribution is 5.79. The molecule has 144 valence electrons. The van der Waals surface area contributed by atoms with Crippen molar-refractivity contribution in [3.63, 3.8) is 0 Å². The number of ether oxygens (including phenoxy) is 3. The molecule has 0 aromatic heterocycles. The van der Waals surface area contributed by atoms with Gasteiger partial charge in [-0.1, -0.05) is 48.5 Å². The number of hydrogen-bond donors (Lipinski definition) is 1. The minimum Gasteiger partial charge on any atom is -0.465 e. The number of rotatable bonds is 11. The second-order valence-electron chi connectivity index (χ2n) is 6.46. The largest absolute Gasteiger partial charge is 0.465 e. The molecule has 5 nitrogen and oxygen atoms in total. The van der Waals surface area contributed by atoms with E-state index in [9.17, 15) is 4.79 Å². The van der Waals surface area contributed by atoms with E-state index in [2.05, 4.69) is 24.3 Å². The van der Waals surface area contributed by atoms with Crippen LogP contribution in [0.25, 0.3) is 11.1 Å². The number of hydrogen-bond acceptors (Lipinski definition) is 5. The summed E-state index contributed by atoms with van der Waals surface area (Å²) in [4.78, 5) is 12.1. The maximum atomic E-state index is 12.1. The van der Waals surface area contributed by atoms with Crippen LogP contribution in [0, 0.1) is 0 Å². The molecule has 0 bridgehead atoms. The first kappa shape index (κ1) is 19.5. The van der Waals surface area contributed by atoms with Crippen molar-refractivity contribution in [3.8, 4) is 11.1 Å². The molecule has 0 radical (unpaired) electrons. The van der Waals surface area contributed by atoms with E-state index in [4.69, 9.17) is 19.3 Å². The fraction of sp³-hybridized carbons (Fsp3) is 0.409. The third-order valence-electron chi connectivity index (χ3n) is 4.65. The number of benzene rings is 2. The molecule has 2 aromatic carbocycles. The lowest BCUT2D eigenvalue weighted by Gasteiger charge is -2.14. The van der Waals surface area contributed by atoms with Gasteiger partial charge in [0, 0.05) is 18.9 Å². The molecule has 1 aliphatic carbocycles. The standard InChI is InChI=1S/C22H26O5/c23-11-13-26-15-14-25-12-5-10-22(24)27-16-21-19-8-3-1-6-17(19)18-7-2-4-9-20(18)21/h1-4,6-9,21,23H,5,10-16H2. The average Bonchev–Trinajstić information content (AvgIpc) is 3.02. The molecule has 1 aliphatic rings. The van der Waals surface area contributed by atoms with Crippen LogP contribution in [-0.4, -0.2) is 50.7 Å². The molecule has 0 spiro atoms. The molecule has 0 saturated carbocycles. The lowest BCUT2D eigenvalue weighted by atomic mass is 9.98. The van der Waals surface area contributed by atoms with Crippen molar-refractivity contribution in [2.24, 2.45) is 0 Å². The van der Waals surface area contributed by atoms with Gasteiger partial charge in [-0.25, -0.2) is 0 Å². The smallest absolute Gasteiger partial charge is 0.305 e. The van der Waals surface area contributed by atoms with E-state index in [1.807, 2.05) is 24.3 Å². The van der Waals surface area contributed by atoms with E-state index < -0.39 is 0 Å². The van der Waals surface area contributed by atoms with Crippen molar-refractivity contribution in [3.05, 3.63) is 59.7 Å². The van der Waals surface area contributed by atoms with Crippen LogP contribution in [0.3, 0.4) is 0 Å². The Bertz CT molecular complexity index is 697. The van der Waals surface area contributed by atoms with Crippen LogP contribution in [0.5, 0.6) is 0 Å². The second kappa shape index (κ2) is 10.2. The summed E-state index contributed by atoms with van der Waals surface area (Å²) < 4.78 is 16.0. The first-order chi connectivity index (χ1) is 13.3. The molecule has 0 fully saturated rings. The van der Waals surface area contributed by atoms with Gasteiger partial charge in [0.2, 0.25) is 0 Å². The summed E-state index contributed by atoms with van der Waals surface area (Å²) in [5.41, 5.74) is 4.90. The minimum absolute atomic E-state index is 0.0157. The van der Waals surface area contributed by atoms with Crippen LogP contribution in [-0.2, 0) is 19.0 Å². The molecule has 0 atom stereocenters. The highest BCUT2D eigenvalue weighted by Crippen LogP contribution is 2.44. The molecule has 5 heteroatoms. The van der Waals surface area contributed by atoms with Gasteiger partial charge in [-0.2, -0.15) is 0 Å². The number of esters is 1. The molecule has 27 heavy (non-hydrogen) atoms. The Hall–Kier alpha value is -2.21. The summed E-state index contributed by atoms with van der Waals surface area (Å²) in [6.07, 6.45) is 0.962. The van der Waals surface area contributed by atoms with Gasteiger partial charge in [-0.15, -0.1) is 0 Å². The molecule has 0 saturated heterocycles. The highest BCUT2D eigenvalue weighted by Gasteiger charge is 2.28. The van der Waals surface area contributed by atoms with Gasteiger partial charge < -0.3 is 19.3 Å². The fourth-order valence-corrected chi connectivity index (χ4v) is 3.39. The van der Waals surface area contributed by atoms with Gasteiger partial charge in [0.25, 0.3) is 0 Å². The number of fused-ring (bicyclic) bond motifs is 3.